The first-order valence-corrected chi connectivity index (χ1v) is 10.5. The fourth-order valence-corrected chi connectivity index (χ4v) is 4.01. The van der Waals surface area contributed by atoms with Crippen LogP contribution < -0.4 is 10.0 Å². The molecule has 0 bridgehead atoms. The monoisotopic (exact) mass is 378 g/mol. The molecule has 7 heteroatoms. The highest BCUT2D eigenvalue weighted by atomic mass is 32.2. The second kappa shape index (κ2) is 7.93. The van der Waals surface area contributed by atoms with Gasteiger partial charge in [-0.25, -0.2) is 8.42 Å². The van der Waals surface area contributed by atoms with E-state index >= 15 is 0 Å². The van der Waals surface area contributed by atoms with Crippen LogP contribution in [0.1, 0.15) is 29.8 Å². The zero-order valence-electron chi connectivity index (χ0n) is 14.7. The molecule has 0 radical (unpaired) electrons. The first-order chi connectivity index (χ1) is 11.7. The fraction of sp³-hybridized carbons (Fsp3) is 0.278. The lowest BCUT2D eigenvalue weighted by Crippen LogP contribution is -2.30. The van der Waals surface area contributed by atoms with Crippen molar-refractivity contribution in [1.82, 2.24) is 5.32 Å². The topological polar surface area (TPSA) is 75.3 Å². The summed E-state index contributed by atoms with van der Waals surface area (Å²) in [5.74, 6) is -0.283. The summed E-state index contributed by atoms with van der Waals surface area (Å²) >= 11 is 1.46. The molecule has 1 amide bonds. The van der Waals surface area contributed by atoms with E-state index in [-0.39, 0.29) is 16.8 Å². The summed E-state index contributed by atoms with van der Waals surface area (Å²) in [7, 11) is -3.79. The molecule has 134 valence electrons. The molecule has 0 saturated carbocycles. The van der Waals surface area contributed by atoms with Gasteiger partial charge >= 0.3 is 0 Å². The Kier molecular flexibility index (Phi) is 6.13. The Morgan fingerprint density at radius 2 is 1.80 bits per heavy atom. The average molecular weight is 379 g/mol. The lowest BCUT2D eigenvalue weighted by molar-refractivity contribution is 0.0942. The largest absolute Gasteiger partial charge is 0.350 e. The molecule has 0 saturated heterocycles. The van der Waals surface area contributed by atoms with E-state index < -0.39 is 10.0 Å². The van der Waals surface area contributed by atoms with Gasteiger partial charge in [-0.05, 0) is 56.9 Å². The number of hydrogen-bond acceptors (Lipinski definition) is 4. The molecule has 2 aromatic rings. The Labute approximate surface area is 153 Å². The van der Waals surface area contributed by atoms with Gasteiger partial charge in [-0.2, -0.15) is 0 Å². The lowest BCUT2D eigenvalue weighted by atomic mass is 10.1. The number of amides is 1. The maximum atomic E-state index is 12.7. The van der Waals surface area contributed by atoms with Gasteiger partial charge in [0.05, 0.1) is 10.6 Å². The highest BCUT2D eigenvalue weighted by Gasteiger charge is 2.19. The van der Waals surface area contributed by atoms with Crippen LogP contribution in [0.25, 0.3) is 0 Å². The van der Waals surface area contributed by atoms with Gasteiger partial charge in [0, 0.05) is 16.5 Å². The lowest BCUT2D eigenvalue weighted by Gasteiger charge is -2.14. The molecular weight excluding hydrogens is 356 g/mol. The van der Waals surface area contributed by atoms with Crippen LogP contribution >= 0.6 is 11.8 Å². The smallest absolute Gasteiger partial charge is 0.261 e. The SMILES string of the molecule is CSc1ccccc1NS(=O)(=O)c1ccc(C)c(C(=O)NC(C)C)c1. The number of benzene rings is 2. The number of thioether (sulfide) groups is 1. The predicted molar refractivity (Wildman–Crippen MR) is 103 cm³/mol. The Balaban J connectivity index is 2.38. The van der Waals surface area contributed by atoms with Crippen LogP contribution in [0.4, 0.5) is 5.69 Å². The maximum absolute atomic E-state index is 12.7. The number of nitrogens with one attached hydrogen (secondary N) is 2. The number of carbonyl (C=O) groups excluding carboxylic acids is 1. The molecule has 0 unspecified atom stereocenters. The van der Waals surface area contributed by atoms with E-state index in [2.05, 4.69) is 10.0 Å². The Morgan fingerprint density at radius 1 is 1.12 bits per heavy atom. The van der Waals surface area contributed by atoms with E-state index in [4.69, 9.17) is 0 Å². The average Bonchev–Trinajstić information content (AvgIpc) is 2.54. The van der Waals surface area contributed by atoms with Crippen LogP contribution in [-0.2, 0) is 10.0 Å². The van der Waals surface area contributed by atoms with Crippen LogP contribution in [0, 0.1) is 6.92 Å². The van der Waals surface area contributed by atoms with Crippen molar-refractivity contribution in [2.45, 2.75) is 36.6 Å². The summed E-state index contributed by atoms with van der Waals surface area (Å²) in [6.45, 7) is 5.49. The first-order valence-electron chi connectivity index (χ1n) is 7.82. The molecule has 0 heterocycles. The third-order valence-electron chi connectivity index (χ3n) is 3.54. The molecular formula is C18H22N2O3S2. The van der Waals surface area contributed by atoms with E-state index in [1.807, 2.05) is 32.2 Å². The fourth-order valence-electron chi connectivity index (χ4n) is 2.29. The molecule has 0 aliphatic rings. The molecule has 0 aliphatic carbocycles. The van der Waals surface area contributed by atoms with Crippen LogP contribution in [0.2, 0.25) is 0 Å². The minimum absolute atomic E-state index is 0.0289. The molecule has 2 aromatic carbocycles. The summed E-state index contributed by atoms with van der Waals surface area (Å²) in [6, 6.07) is 11.7. The van der Waals surface area contributed by atoms with Gasteiger partial charge in [-0.15, -0.1) is 11.8 Å². The summed E-state index contributed by atoms with van der Waals surface area (Å²) in [5.41, 5.74) is 1.60. The third-order valence-corrected chi connectivity index (χ3v) is 5.69. The summed E-state index contributed by atoms with van der Waals surface area (Å²) < 4.78 is 28.1. The highest BCUT2D eigenvalue weighted by molar-refractivity contribution is 7.99. The number of hydrogen-bond donors (Lipinski definition) is 2. The van der Waals surface area contributed by atoms with Gasteiger partial charge in [0.25, 0.3) is 15.9 Å². The Morgan fingerprint density at radius 3 is 2.44 bits per heavy atom. The zero-order chi connectivity index (χ0) is 18.6. The predicted octanol–water partition coefficient (Wildman–Crippen LogP) is 3.66. The summed E-state index contributed by atoms with van der Waals surface area (Å²) in [4.78, 5) is 13.2. The number of rotatable bonds is 6. The first kappa shape index (κ1) is 19.3. The highest BCUT2D eigenvalue weighted by Crippen LogP contribution is 2.27. The van der Waals surface area contributed by atoms with E-state index in [1.165, 1.54) is 23.9 Å². The van der Waals surface area contributed by atoms with Gasteiger partial charge in [0.15, 0.2) is 0 Å². The van der Waals surface area contributed by atoms with Crippen molar-refractivity contribution in [2.75, 3.05) is 11.0 Å². The van der Waals surface area contributed by atoms with Crippen LogP contribution in [-0.4, -0.2) is 26.6 Å². The number of anilines is 1. The molecule has 0 fully saturated rings. The van der Waals surface area contributed by atoms with Crippen LogP contribution in [0.5, 0.6) is 0 Å². The van der Waals surface area contributed by atoms with Gasteiger partial charge in [-0.1, -0.05) is 18.2 Å². The van der Waals surface area contributed by atoms with Crippen molar-refractivity contribution in [3.8, 4) is 0 Å². The van der Waals surface area contributed by atoms with E-state index in [9.17, 15) is 13.2 Å². The summed E-state index contributed by atoms with van der Waals surface area (Å²) in [6.07, 6.45) is 1.88. The van der Waals surface area contributed by atoms with Crippen LogP contribution in [0.3, 0.4) is 0 Å². The van der Waals surface area contributed by atoms with Crippen LogP contribution in [0.15, 0.2) is 52.3 Å². The van der Waals surface area contributed by atoms with Gasteiger partial charge in [0.2, 0.25) is 0 Å². The van der Waals surface area contributed by atoms with Crippen molar-refractivity contribution in [3.63, 3.8) is 0 Å². The molecule has 5 nitrogen and oxygen atoms in total. The molecule has 0 atom stereocenters. The van der Waals surface area contributed by atoms with Crippen molar-refractivity contribution >= 4 is 33.4 Å². The van der Waals surface area contributed by atoms with Gasteiger partial charge < -0.3 is 5.32 Å². The Hall–Kier alpha value is -1.99. The quantitative estimate of drug-likeness (QED) is 0.752. The number of para-hydroxylation sites is 1. The second-order valence-corrected chi connectivity index (χ2v) is 8.44. The molecule has 25 heavy (non-hydrogen) atoms. The van der Waals surface area contributed by atoms with Crippen molar-refractivity contribution in [3.05, 3.63) is 53.6 Å². The molecule has 2 rings (SSSR count). The third kappa shape index (κ3) is 4.76. The van der Waals surface area contributed by atoms with Crippen molar-refractivity contribution < 1.29 is 13.2 Å². The van der Waals surface area contributed by atoms with Crippen molar-refractivity contribution in [2.24, 2.45) is 0 Å². The van der Waals surface area contributed by atoms with Gasteiger partial charge in [0.1, 0.15) is 0 Å². The minimum atomic E-state index is -3.79. The van der Waals surface area contributed by atoms with Crippen molar-refractivity contribution in [1.29, 1.82) is 0 Å². The van der Waals surface area contributed by atoms with Gasteiger partial charge in [-0.3, -0.25) is 9.52 Å². The molecule has 0 aliphatic heterocycles. The zero-order valence-corrected chi connectivity index (χ0v) is 16.3. The minimum Gasteiger partial charge on any atom is -0.350 e. The summed E-state index contributed by atoms with van der Waals surface area (Å²) in [5, 5.41) is 2.79. The van der Waals surface area contributed by atoms with E-state index in [1.54, 1.807) is 25.1 Å². The number of aryl methyl sites for hydroxylation is 1. The van der Waals surface area contributed by atoms with E-state index in [0.29, 0.717) is 11.3 Å². The Bertz CT molecular complexity index is 878. The molecule has 2 N–H and O–H groups in total. The number of sulfonamides is 1. The molecule has 0 aromatic heterocycles. The number of carbonyl (C=O) groups is 1. The standard InChI is InChI=1S/C18H22N2O3S2/c1-12(2)19-18(21)15-11-14(10-9-13(15)3)25(22,23)20-16-7-5-6-8-17(16)24-4/h5-12,20H,1-4H3,(H,19,21). The normalized spacial score (nSPS) is 11.4. The second-order valence-electron chi connectivity index (χ2n) is 5.91. The van der Waals surface area contributed by atoms with E-state index in [0.717, 1.165) is 10.5 Å². The molecule has 0 spiro atoms. The maximum Gasteiger partial charge on any atom is 0.261 e.